The van der Waals surface area contributed by atoms with Gasteiger partial charge in [-0.3, -0.25) is 4.79 Å². The highest BCUT2D eigenvalue weighted by molar-refractivity contribution is 5.87. The maximum Gasteiger partial charge on any atom is 0.329 e. The highest BCUT2D eigenvalue weighted by atomic mass is 16.5. The van der Waals surface area contributed by atoms with Crippen LogP contribution in [-0.4, -0.2) is 35.2 Å². The Kier molecular flexibility index (Phi) is 3.90. The number of amides is 1. The first-order valence-corrected chi connectivity index (χ1v) is 6.72. The van der Waals surface area contributed by atoms with Crippen molar-refractivity contribution in [2.75, 3.05) is 6.61 Å². The second-order valence-corrected chi connectivity index (χ2v) is 5.41. The van der Waals surface area contributed by atoms with Gasteiger partial charge in [0.25, 0.3) is 0 Å². The lowest BCUT2D eigenvalue weighted by Gasteiger charge is -2.40. The summed E-state index contributed by atoms with van der Waals surface area (Å²) in [5, 5.41) is 11.8. The van der Waals surface area contributed by atoms with Crippen molar-refractivity contribution >= 4 is 11.9 Å². The molecule has 2 aliphatic rings. The zero-order valence-electron chi connectivity index (χ0n) is 10.8. The van der Waals surface area contributed by atoms with Crippen molar-refractivity contribution in [3.63, 3.8) is 0 Å². The van der Waals surface area contributed by atoms with E-state index in [9.17, 15) is 9.59 Å². The number of ether oxygens (including phenoxy) is 1. The van der Waals surface area contributed by atoms with Gasteiger partial charge < -0.3 is 15.2 Å². The Balaban J connectivity index is 1.72. The average molecular weight is 255 g/mol. The summed E-state index contributed by atoms with van der Waals surface area (Å²) in [7, 11) is 0. The minimum atomic E-state index is -0.972. The molecule has 0 aromatic heterocycles. The van der Waals surface area contributed by atoms with Crippen LogP contribution in [0.3, 0.4) is 0 Å². The number of nitrogens with one attached hydrogen (secondary N) is 1. The molecule has 0 aromatic carbocycles. The summed E-state index contributed by atoms with van der Waals surface area (Å²) in [6.07, 6.45) is 4.55. The molecule has 2 saturated carbocycles. The van der Waals surface area contributed by atoms with Gasteiger partial charge in [-0.2, -0.15) is 0 Å². The molecule has 5 heteroatoms. The number of carboxylic acid groups (broad SMARTS) is 1. The Morgan fingerprint density at radius 1 is 1.39 bits per heavy atom. The number of aliphatic carboxylic acids is 1. The lowest BCUT2D eigenvalue weighted by atomic mass is 9.75. The minimum Gasteiger partial charge on any atom is -0.480 e. The molecule has 2 N–H and O–H groups in total. The van der Waals surface area contributed by atoms with Gasteiger partial charge in [0.15, 0.2) is 0 Å². The van der Waals surface area contributed by atoms with Gasteiger partial charge in [0.1, 0.15) is 5.54 Å². The molecular formula is C13H21NO4. The van der Waals surface area contributed by atoms with Crippen LogP contribution in [-0.2, 0) is 14.3 Å². The van der Waals surface area contributed by atoms with Gasteiger partial charge in [-0.1, -0.05) is 0 Å². The Morgan fingerprint density at radius 3 is 2.50 bits per heavy atom. The second kappa shape index (κ2) is 5.26. The van der Waals surface area contributed by atoms with Crippen LogP contribution in [0.5, 0.6) is 0 Å². The first kappa shape index (κ1) is 13.3. The smallest absolute Gasteiger partial charge is 0.329 e. The van der Waals surface area contributed by atoms with Crippen molar-refractivity contribution in [2.24, 2.45) is 5.92 Å². The van der Waals surface area contributed by atoms with E-state index < -0.39 is 11.5 Å². The number of carboxylic acids is 1. The fourth-order valence-electron chi connectivity index (χ4n) is 2.72. The first-order valence-electron chi connectivity index (χ1n) is 6.72. The molecule has 0 atom stereocenters. The molecule has 0 saturated heterocycles. The van der Waals surface area contributed by atoms with Crippen molar-refractivity contribution in [3.05, 3.63) is 0 Å². The highest BCUT2D eigenvalue weighted by Crippen LogP contribution is 2.35. The van der Waals surface area contributed by atoms with Crippen molar-refractivity contribution in [1.82, 2.24) is 5.32 Å². The summed E-state index contributed by atoms with van der Waals surface area (Å²) in [4.78, 5) is 22.9. The van der Waals surface area contributed by atoms with E-state index in [1.165, 1.54) is 0 Å². The van der Waals surface area contributed by atoms with E-state index in [1.54, 1.807) is 0 Å². The Morgan fingerprint density at radius 2 is 2.06 bits per heavy atom. The number of hydrogen-bond donors (Lipinski definition) is 2. The first-order chi connectivity index (χ1) is 8.55. The highest BCUT2D eigenvalue weighted by Gasteiger charge is 2.46. The van der Waals surface area contributed by atoms with Crippen LogP contribution < -0.4 is 5.32 Å². The minimum absolute atomic E-state index is 0.128. The van der Waals surface area contributed by atoms with Gasteiger partial charge >= 0.3 is 5.97 Å². The summed E-state index contributed by atoms with van der Waals surface area (Å²) in [5.41, 5.74) is -0.972. The maximum atomic E-state index is 11.8. The van der Waals surface area contributed by atoms with Crippen LogP contribution in [0.2, 0.25) is 0 Å². The van der Waals surface area contributed by atoms with Crippen LogP contribution in [0, 0.1) is 5.92 Å². The largest absolute Gasteiger partial charge is 0.480 e. The lowest BCUT2D eigenvalue weighted by Crippen LogP contribution is -2.59. The molecule has 0 spiro atoms. The van der Waals surface area contributed by atoms with Gasteiger partial charge in [0.05, 0.1) is 6.10 Å². The summed E-state index contributed by atoms with van der Waals surface area (Å²) in [6.45, 7) is 2.68. The van der Waals surface area contributed by atoms with Gasteiger partial charge in [-0.15, -0.1) is 0 Å². The third kappa shape index (κ3) is 2.66. The number of rotatable bonds is 6. The van der Waals surface area contributed by atoms with Gasteiger partial charge in [-0.25, -0.2) is 4.79 Å². The molecular weight excluding hydrogens is 234 g/mol. The molecule has 0 bridgehead atoms. The van der Waals surface area contributed by atoms with Crippen LogP contribution >= 0.6 is 0 Å². The monoisotopic (exact) mass is 255 g/mol. The Hall–Kier alpha value is -1.10. The van der Waals surface area contributed by atoms with E-state index in [-0.39, 0.29) is 5.91 Å². The fourth-order valence-corrected chi connectivity index (χ4v) is 2.72. The Labute approximate surface area is 107 Å². The molecule has 2 fully saturated rings. The van der Waals surface area contributed by atoms with E-state index in [4.69, 9.17) is 9.84 Å². The van der Waals surface area contributed by atoms with Crippen molar-refractivity contribution in [3.8, 4) is 0 Å². The Bertz CT molecular complexity index is 332. The quantitative estimate of drug-likeness (QED) is 0.750. The SMILES string of the molecule is CCOC1CC(CC(=O)NC2(C(=O)O)CCC2)C1. The molecule has 102 valence electrons. The third-order valence-corrected chi connectivity index (χ3v) is 4.06. The van der Waals surface area contributed by atoms with E-state index in [1.807, 2.05) is 6.92 Å². The molecule has 0 aliphatic heterocycles. The predicted molar refractivity (Wildman–Crippen MR) is 65.1 cm³/mol. The van der Waals surface area contributed by atoms with E-state index >= 15 is 0 Å². The van der Waals surface area contributed by atoms with Gasteiger partial charge in [0, 0.05) is 13.0 Å². The molecule has 0 radical (unpaired) electrons. The molecule has 5 nitrogen and oxygen atoms in total. The summed E-state index contributed by atoms with van der Waals surface area (Å²) in [5.74, 6) is -0.674. The molecule has 18 heavy (non-hydrogen) atoms. The van der Waals surface area contributed by atoms with Gasteiger partial charge in [0.2, 0.25) is 5.91 Å². The molecule has 0 aromatic rings. The van der Waals surface area contributed by atoms with E-state index in [0.717, 1.165) is 19.3 Å². The summed E-state index contributed by atoms with van der Waals surface area (Å²) >= 11 is 0. The van der Waals surface area contributed by atoms with Crippen LogP contribution in [0.4, 0.5) is 0 Å². The fraction of sp³-hybridized carbons (Fsp3) is 0.846. The van der Waals surface area contributed by atoms with Crippen LogP contribution in [0.25, 0.3) is 0 Å². The summed E-state index contributed by atoms with van der Waals surface area (Å²) < 4.78 is 5.44. The molecule has 2 aliphatic carbocycles. The van der Waals surface area contributed by atoms with E-state index in [2.05, 4.69) is 5.32 Å². The maximum absolute atomic E-state index is 11.8. The molecule has 0 unspecified atom stereocenters. The zero-order chi connectivity index (χ0) is 13.2. The summed E-state index contributed by atoms with van der Waals surface area (Å²) in [6, 6.07) is 0. The van der Waals surface area contributed by atoms with Crippen molar-refractivity contribution in [1.29, 1.82) is 0 Å². The standard InChI is InChI=1S/C13H21NO4/c1-2-18-10-6-9(7-10)8-11(15)14-13(12(16)17)4-3-5-13/h9-10H,2-8H2,1H3,(H,14,15)(H,16,17). The topological polar surface area (TPSA) is 75.6 Å². The van der Waals surface area contributed by atoms with Crippen molar-refractivity contribution < 1.29 is 19.4 Å². The predicted octanol–water partition coefficient (Wildman–Crippen LogP) is 1.32. The molecule has 2 rings (SSSR count). The second-order valence-electron chi connectivity index (χ2n) is 5.41. The molecule has 0 heterocycles. The van der Waals surface area contributed by atoms with E-state index in [0.29, 0.717) is 37.9 Å². The third-order valence-electron chi connectivity index (χ3n) is 4.06. The average Bonchev–Trinajstić information content (AvgIpc) is 2.20. The van der Waals surface area contributed by atoms with Crippen LogP contribution in [0.1, 0.15) is 45.4 Å². The number of carbonyl (C=O) groups excluding carboxylic acids is 1. The zero-order valence-corrected chi connectivity index (χ0v) is 10.8. The number of carbonyl (C=O) groups is 2. The van der Waals surface area contributed by atoms with Crippen molar-refractivity contribution in [2.45, 2.75) is 57.1 Å². The lowest BCUT2D eigenvalue weighted by molar-refractivity contribution is -0.152. The number of hydrogen-bond acceptors (Lipinski definition) is 3. The van der Waals surface area contributed by atoms with Crippen LogP contribution in [0.15, 0.2) is 0 Å². The normalized spacial score (nSPS) is 28.9. The van der Waals surface area contributed by atoms with Gasteiger partial charge in [-0.05, 0) is 44.9 Å². The molecule has 1 amide bonds.